The van der Waals surface area contributed by atoms with E-state index in [2.05, 4.69) is 46.5 Å². The molecule has 0 bridgehead atoms. The lowest BCUT2D eigenvalue weighted by atomic mass is 10.1. The van der Waals surface area contributed by atoms with Crippen molar-refractivity contribution in [3.63, 3.8) is 0 Å². The summed E-state index contributed by atoms with van der Waals surface area (Å²) in [5, 5.41) is 0.169. The van der Waals surface area contributed by atoms with Gasteiger partial charge in [-0.2, -0.15) is 4.31 Å². The van der Waals surface area contributed by atoms with Gasteiger partial charge in [-0.1, -0.05) is 62.8 Å². The third kappa shape index (κ3) is 6.75. The molecule has 172 valence electrons. The standard InChI is InChI=1S/C25H39NO3SSi/c1-8-9-10-13-23-19-22(12-11-18-29-31(6,7)25(3,4)5)20-26(23)30(27,28)24-16-14-21(2)15-17-24/h8,11-12,14-17,19,23H,1,9-10,13,18,20H2,2-7H3/b12-11+/t23-/m1/s1. The van der Waals surface area contributed by atoms with Gasteiger partial charge in [0.1, 0.15) is 0 Å². The molecule has 0 spiro atoms. The number of sulfonamides is 1. The van der Waals surface area contributed by atoms with E-state index in [0.717, 1.165) is 30.4 Å². The Bertz CT molecular complexity index is 909. The number of nitrogens with zero attached hydrogens (tertiary/aromatic N) is 1. The number of allylic oxidation sites excluding steroid dienone is 1. The summed E-state index contributed by atoms with van der Waals surface area (Å²) in [4.78, 5) is 0.353. The maximum absolute atomic E-state index is 13.3. The number of unbranched alkanes of at least 4 members (excludes halogenated alkanes) is 1. The van der Waals surface area contributed by atoms with Gasteiger partial charge in [0, 0.05) is 12.6 Å². The van der Waals surface area contributed by atoms with Crippen LogP contribution in [0.1, 0.15) is 45.6 Å². The fraction of sp³-hybridized carbons (Fsp3) is 0.520. The van der Waals surface area contributed by atoms with Crippen LogP contribution in [0.2, 0.25) is 18.1 Å². The van der Waals surface area contributed by atoms with E-state index >= 15 is 0 Å². The van der Waals surface area contributed by atoms with Gasteiger partial charge in [-0.25, -0.2) is 8.42 Å². The summed E-state index contributed by atoms with van der Waals surface area (Å²) < 4.78 is 34.5. The van der Waals surface area contributed by atoms with Crippen molar-refractivity contribution in [1.82, 2.24) is 4.31 Å². The van der Waals surface area contributed by atoms with E-state index in [-0.39, 0.29) is 11.1 Å². The highest BCUT2D eigenvalue weighted by Gasteiger charge is 2.37. The zero-order valence-corrected chi connectivity index (χ0v) is 21.8. The Kier molecular flexibility index (Phi) is 8.67. The molecule has 0 amide bonds. The molecule has 1 aromatic carbocycles. The van der Waals surface area contributed by atoms with Crippen LogP contribution in [0.25, 0.3) is 0 Å². The van der Waals surface area contributed by atoms with Crippen molar-refractivity contribution in [2.75, 3.05) is 13.2 Å². The Balaban J connectivity index is 2.14. The fourth-order valence-electron chi connectivity index (χ4n) is 3.27. The number of hydrogen-bond acceptors (Lipinski definition) is 3. The SMILES string of the molecule is C=CCCC[C@@H]1C=C(/C=C/CO[Si](C)(C)C(C)(C)C)CN1S(=O)(=O)c1ccc(C)cc1. The molecular weight excluding hydrogens is 422 g/mol. The number of rotatable bonds is 10. The lowest BCUT2D eigenvalue weighted by molar-refractivity contribution is 0.328. The maximum atomic E-state index is 13.3. The molecule has 0 aliphatic carbocycles. The maximum Gasteiger partial charge on any atom is 0.243 e. The quantitative estimate of drug-likeness (QED) is 0.236. The topological polar surface area (TPSA) is 46.6 Å². The van der Waals surface area contributed by atoms with Gasteiger partial charge in [0.05, 0.1) is 11.5 Å². The molecule has 0 aromatic heterocycles. The summed E-state index contributed by atoms with van der Waals surface area (Å²) in [5.74, 6) is 0. The van der Waals surface area contributed by atoms with Crippen LogP contribution in [-0.4, -0.2) is 40.2 Å². The molecule has 0 N–H and O–H groups in total. The zero-order valence-electron chi connectivity index (χ0n) is 20.0. The molecule has 2 rings (SSSR count). The van der Waals surface area contributed by atoms with Crippen molar-refractivity contribution in [2.24, 2.45) is 0 Å². The van der Waals surface area contributed by atoms with E-state index in [0.29, 0.717) is 18.0 Å². The molecule has 0 fully saturated rings. The summed E-state index contributed by atoms with van der Waals surface area (Å²) in [5.41, 5.74) is 2.07. The fourth-order valence-corrected chi connectivity index (χ4v) is 5.81. The average Bonchev–Trinajstić information content (AvgIpc) is 3.09. The normalized spacial score (nSPS) is 18.5. The van der Waals surface area contributed by atoms with E-state index in [4.69, 9.17) is 4.43 Å². The number of benzene rings is 1. The van der Waals surface area contributed by atoms with Crippen molar-refractivity contribution in [1.29, 1.82) is 0 Å². The molecule has 1 aliphatic heterocycles. The zero-order chi connectivity index (χ0) is 23.3. The van der Waals surface area contributed by atoms with Crippen molar-refractivity contribution in [2.45, 2.75) is 76.0 Å². The van der Waals surface area contributed by atoms with Crippen molar-refractivity contribution < 1.29 is 12.8 Å². The third-order valence-electron chi connectivity index (χ3n) is 6.33. The summed E-state index contributed by atoms with van der Waals surface area (Å²) >= 11 is 0. The molecule has 6 heteroatoms. The van der Waals surface area contributed by atoms with Gasteiger partial charge in [-0.3, -0.25) is 0 Å². The first-order chi connectivity index (χ1) is 14.4. The first-order valence-corrected chi connectivity index (χ1v) is 15.4. The Morgan fingerprint density at radius 1 is 1.23 bits per heavy atom. The first kappa shape index (κ1) is 25.8. The Hall–Kier alpha value is -1.47. The van der Waals surface area contributed by atoms with Gasteiger partial charge in [0.25, 0.3) is 0 Å². The Morgan fingerprint density at radius 3 is 2.45 bits per heavy atom. The smallest absolute Gasteiger partial charge is 0.243 e. The summed E-state index contributed by atoms with van der Waals surface area (Å²) in [7, 11) is -5.35. The van der Waals surface area contributed by atoms with Crippen LogP contribution >= 0.6 is 0 Å². The van der Waals surface area contributed by atoms with Gasteiger partial charge in [0.2, 0.25) is 10.0 Å². The number of hydrogen-bond donors (Lipinski definition) is 0. The summed E-state index contributed by atoms with van der Waals surface area (Å²) in [6.45, 7) is 17.8. The lowest BCUT2D eigenvalue weighted by Gasteiger charge is -2.35. The van der Waals surface area contributed by atoms with Gasteiger partial charge in [-0.15, -0.1) is 6.58 Å². The van der Waals surface area contributed by atoms with Crippen molar-refractivity contribution in [3.8, 4) is 0 Å². The largest absolute Gasteiger partial charge is 0.413 e. The highest BCUT2D eigenvalue weighted by molar-refractivity contribution is 7.89. The molecule has 0 radical (unpaired) electrons. The molecule has 0 saturated heterocycles. The van der Waals surface area contributed by atoms with Crippen molar-refractivity contribution in [3.05, 3.63) is 66.3 Å². The molecule has 1 aliphatic rings. The van der Waals surface area contributed by atoms with E-state index < -0.39 is 18.3 Å². The second-order valence-electron chi connectivity index (χ2n) is 9.87. The predicted octanol–water partition coefficient (Wildman–Crippen LogP) is 6.23. The van der Waals surface area contributed by atoms with Crippen LogP contribution in [0.15, 0.2) is 65.6 Å². The Labute approximate surface area is 190 Å². The Morgan fingerprint density at radius 2 is 1.87 bits per heavy atom. The van der Waals surface area contributed by atoms with E-state index in [1.165, 1.54) is 0 Å². The predicted molar refractivity (Wildman–Crippen MR) is 133 cm³/mol. The van der Waals surface area contributed by atoms with Gasteiger partial charge in [0.15, 0.2) is 8.32 Å². The molecule has 0 saturated carbocycles. The molecular formula is C25H39NO3SSi. The summed E-state index contributed by atoms with van der Waals surface area (Å²) in [6.07, 6.45) is 10.6. The number of aryl methyl sites for hydroxylation is 1. The van der Waals surface area contributed by atoms with Crippen LogP contribution in [0.4, 0.5) is 0 Å². The average molecular weight is 462 g/mol. The van der Waals surface area contributed by atoms with E-state index in [1.54, 1.807) is 16.4 Å². The second-order valence-corrected chi connectivity index (χ2v) is 16.6. The highest BCUT2D eigenvalue weighted by Crippen LogP contribution is 2.36. The molecule has 31 heavy (non-hydrogen) atoms. The monoisotopic (exact) mass is 461 g/mol. The van der Waals surface area contributed by atoms with Crippen LogP contribution in [0, 0.1) is 6.92 Å². The second kappa shape index (κ2) is 10.4. The van der Waals surface area contributed by atoms with Crippen LogP contribution in [-0.2, 0) is 14.4 Å². The van der Waals surface area contributed by atoms with Crippen LogP contribution < -0.4 is 0 Å². The van der Waals surface area contributed by atoms with Crippen molar-refractivity contribution >= 4 is 18.3 Å². The minimum absolute atomic E-state index is 0.132. The minimum atomic E-state index is -3.55. The molecule has 1 atom stereocenters. The third-order valence-corrected chi connectivity index (χ3v) is 12.7. The lowest BCUT2D eigenvalue weighted by Crippen LogP contribution is -2.40. The molecule has 1 aromatic rings. The van der Waals surface area contributed by atoms with Crippen LogP contribution in [0.3, 0.4) is 0 Å². The van der Waals surface area contributed by atoms with Gasteiger partial charge < -0.3 is 4.43 Å². The van der Waals surface area contributed by atoms with E-state index in [9.17, 15) is 8.42 Å². The van der Waals surface area contributed by atoms with Gasteiger partial charge >= 0.3 is 0 Å². The van der Waals surface area contributed by atoms with Crippen LogP contribution in [0.5, 0.6) is 0 Å². The molecule has 0 unspecified atom stereocenters. The minimum Gasteiger partial charge on any atom is -0.413 e. The molecule has 4 nitrogen and oxygen atoms in total. The highest BCUT2D eigenvalue weighted by atomic mass is 32.2. The van der Waals surface area contributed by atoms with Gasteiger partial charge in [-0.05, 0) is 62.0 Å². The molecule has 1 heterocycles. The summed E-state index contributed by atoms with van der Waals surface area (Å²) in [6, 6.07) is 6.97. The van der Waals surface area contributed by atoms with E-state index in [1.807, 2.05) is 37.3 Å². The first-order valence-electron chi connectivity index (χ1n) is 11.1.